The first kappa shape index (κ1) is 11.8. The van der Waals surface area contributed by atoms with Gasteiger partial charge in [0.25, 0.3) is 0 Å². The highest BCUT2D eigenvalue weighted by Crippen LogP contribution is 2.32. The summed E-state index contributed by atoms with van der Waals surface area (Å²) in [5.41, 5.74) is 16.2. The summed E-state index contributed by atoms with van der Waals surface area (Å²) < 4.78 is 0.712. The van der Waals surface area contributed by atoms with E-state index in [2.05, 4.69) is 25.9 Å². The van der Waals surface area contributed by atoms with Crippen molar-refractivity contribution in [2.75, 3.05) is 0 Å². The minimum Gasteiger partial charge on any atom is -0.370 e. The minimum absolute atomic E-state index is 0.0520. The third-order valence-corrected chi connectivity index (χ3v) is 2.35. The Bertz CT molecular complexity index is 405. The summed E-state index contributed by atoms with van der Waals surface area (Å²) in [4.78, 5) is 7.54. The predicted octanol–water partition coefficient (Wildman–Crippen LogP) is 1.32. The first-order valence-corrected chi connectivity index (χ1v) is 5.05. The van der Waals surface area contributed by atoms with Gasteiger partial charge in [-0.25, -0.2) is 4.99 Å². The highest BCUT2D eigenvalue weighted by atomic mass is 79.9. The fraction of sp³-hybridized carbons (Fsp3) is 0. The zero-order valence-corrected chi connectivity index (χ0v) is 9.96. The second-order valence-electron chi connectivity index (χ2n) is 2.58. The van der Waals surface area contributed by atoms with Crippen LogP contribution in [0, 0.1) is 0 Å². The average molecular weight is 291 g/mol. The summed E-state index contributed by atoms with van der Waals surface area (Å²) >= 11 is 9.19. The Kier molecular flexibility index (Phi) is 3.93. The number of hydrogen-bond acceptors (Lipinski definition) is 1. The lowest BCUT2D eigenvalue weighted by molar-refractivity contribution is 1.37. The van der Waals surface area contributed by atoms with Crippen LogP contribution in [-0.4, -0.2) is 11.9 Å². The van der Waals surface area contributed by atoms with Crippen LogP contribution in [-0.2, 0) is 0 Å². The van der Waals surface area contributed by atoms with Crippen LogP contribution in [0.15, 0.2) is 32.7 Å². The summed E-state index contributed by atoms with van der Waals surface area (Å²) in [6, 6.07) is 5.25. The second kappa shape index (κ2) is 4.99. The van der Waals surface area contributed by atoms with E-state index in [4.69, 9.17) is 28.8 Å². The van der Waals surface area contributed by atoms with Crippen molar-refractivity contribution < 1.29 is 0 Å². The van der Waals surface area contributed by atoms with E-state index in [-0.39, 0.29) is 11.9 Å². The van der Waals surface area contributed by atoms with Gasteiger partial charge in [-0.15, -0.1) is 0 Å². The monoisotopic (exact) mass is 289 g/mol. The maximum Gasteiger partial charge on any atom is 0.223 e. The van der Waals surface area contributed by atoms with Gasteiger partial charge >= 0.3 is 0 Å². The van der Waals surface area contributed by atoms with Crippen LogP contribution in [0.2, 0.25) is 5.02 Å². The van der Waals surface area contributed by atoms with Crippen molar-refractivity contribution in [2.45, 2.75) is 0 Å². The fourth-order valence-electron chi connectivity index (χ4n) is 0.868. The molecule has 0 aliphatic carbocycles. The average Bonchev–Trinajstić information content (AvgIpc) is 2.10. The van der Waals surface area contributed by atoms with Crippen molar-refractivity contribution in [3.8, 4) is 0 Å². The molecule has 1 aromatic rings. The molecule has 1 rings (SSSR count). The van der Waals surface area contributed by atoms with Gasteiger partial charge in [0.1, 0.15) is 0 Å². The van der Waals surface area contributed by atoms with Gasteiger partial charge in [0, 0.05) is 4.47 Å². The van der Waals surface area contributed by atoms with E-state index in [1.807, 2.05) is 0 Å². The van der Waals surface area contributed by atoms with Crippen LogP contribution < -0.4 is 17.2 Å². The zero-order chi connectivity index (χ0) is 11.4. The van der Waals surface area contributed by atoms with E-state index in [1.165, 1.54) is 0 Å². The molecule has 5 nitrogen and oxygen atoms in total. The molecule has 80 valence electrons. The van der Waals surface area contributed by atoms with Gasteiger partial charge in [-0.1, -0.05) is 17.7 Å². The van der Waals surface area contributed by atoms with E-state index >= 15 is 0 Å². The van der Waals surface area contributed by atoms with Crippen molar-refractivity contribution >= 4 is 45.1 Å². The third kappa shape index (κ3) is 3.41. The summed E-state index contributed by atoms with van der Waals surface area (Å²) in [6.45, 7) is 0. The maximum absolute atomic E-state index is 5.91. The summed E-state index contributed by atoms with van der Waals surface area (Å²) in [6.07, 6.45) is 0. The molecule has 0 aliphatic heterocycles. The Morgan fingerprint density at radius 3 is 2.47 bits per heavy atom. The van der Waals surface area contributed by atoms with Crippen molar-refractivity contribution in [3.63, 3.8) is 0 Å². The molecule has 1 aromatic carbocycles. The molecule has 0 unspecified atom stereocenters. The van der Waals surface area contributed by atoms with Gasteiger partial charge in [0.2, 0.25) is 5.96 Å². The summed E-state index contributed by atoms with van der Waals surface area (Å²) in [5, 5.41) is 0.457. The normalized spacial score (nSPS) is 11.2. The van der Waals surface area contributed by atoms with Gasteiger partial charge in [-0.05, 0) is 28.1 Å². The van der Waals surface area contributed by atoms with Crippen molar-refractivity contribution in [1.29, 1.82) is 0 Å². The molecule has 0 fully saturated rings. The lowest BCUT2D eigenvalue weighted by Gasteiger charge is -2.01. The van der Waals surface area contributed by atoms with Gasteiger partial charge < -0.3 is 17.2 Å². The largest absolute Gasteiger partial charge is 0.370 e. The van der Waals surface area contributed by atoms with Crippen LogP contribution in [0.25, 0.3) is 0 Å². The number of rotatable bonds is 1. The Labute approximate surface area is 100 Å². The van der Waals surface area contributed by atoms with E-state index < -0.39 is 0 Å². The van der Waals surface area contributed by atoms with Crippen molar-refractivity contribution in [1.82, 2.24) is 0 Å². The standard InChI is InChI=1S/C8H9BrClN5/c9-4-2-1-3-5(10)6(4)14-8(13)15-7(11)12/h1-3H,(H6,11,12,13,14,15). The van der Waals surface area contributed by atoms with E-state index in [1.54, 1.807) is 18.2 Å². The van der Waals surface area contributed by atoms with E-state index in [0.29, 0.717) is 15.2 Å². The molecular formula is C8H9BrClN5. The number of guanidine groups is 2. The van der Waals surface area contributed by atoms with Gasteiger partial charge in [-0.3, -0.25) is 0 Å². The van der Waals surface area contributed by atoms with Crippen LogP contribution in [0.5, 0.6) is 0 Å². The first-order chi connectivity index (χ1) is 7.00. The van der Waals surface area contributed by atoms with Crippen molar-refractivity contribution in [3.05, 3.63) is 27.7 Å². The number of nitrogens with two attached hydrogens (primary N) is 3. The predicted molar refractivity (Wildman–Crippen MR) is 66.2 cm³/mol. The molecule has 7 heteroatoms. The maximum atomic E-state index is 5.91. The molecule has 6 N–H and O–H groups in total. The molecule has 0 saturated heterocycles. The molecule has 0 aliphatic rings. The molecule has 0 bridgehead atoms. The SMILES string of the molecule is NC(N)=NC(N)=Nc1c(Cl)cccc1Br. The number of nitrogens with zero attached hydrogens (tertiary/aromatic N) is 2. The molecule has 0 atom stereocenters. The molecule has 0 amide bonds. The topological polar surface area (TPSA) is 103 Å². The highest BCUT2D eigenvalue weighted by molar-refractivity contribution is 9.10. The number of para-hydroxylation sites is 1. The number of aliphatic imine (C=N–C) groups is 2. The molecule has 0 saturated carbocycles. The molecule has 15 heavy (non-hydrogen) atoms. The van der Waals surface area contributed by atoms with E-state index in [9.17, 15) is 0 Å². The number of halogens is 2. The lowest BCUT2D eigenvalue weighted by Crippen LogP contribution is -2.26. The van der Waals surface area contributed by atoms with Crippen LogP contribution in [0.4, 0.5) is 5.69 Å². The summed E-state index contributed by atoms with van der Waals surface area (Å²) in [7, 11) is 0. The van der Waals surface area contributed by atoms with Crippen LogP contribution in [0.3, 0.4) is 0 Å². The molecule has 0 aromatic heterocycles. The minimum atomic E-state index is -0.153. The smallest absolute Gasteiger partial charge is 0.223 e. The van der Waals surface area contributed by atoms with Gasteiger partial charge in [0.15, 0.2) is 5.96 Å². The Morgan fingerprint density at radius 1 is 1.27 bits per heavy atom. The Balaban J connectivity index is 3.13. The Morgan fingerprint density at radius 2 is 1.93 bits per heavy atom. The molecular weight excluding hydrogens is 281 g/mol. The highest BCUT2D eigenvalue weighted by Gasteiger charge is 2.03. The zero-order valence-electron chi connectivity index (χ0n) is 7.61. The molecule has 0 radical (unpaired) electrons. The van der Waals surface area contributed by atoms with Crippen LogP contribution in [0.1, 0.15) is 0 Å². The lowest BCUT2D eigenvalue weighted by atomic mass is 10.3. The van der Waals surface area contributed by atoms with Crippen molar-refractivity contribution in [2.24, 2.45) is 27.2 Å². The van der Waals surface area contributed by atoms with Gasteiger partial charge in [-0.2, -0.15) is 4.99 Å². The quantitative estimate of drug-likeness (QED) is 0.537. The molecule has 0 heterocycles. The number of benzene rings is 1. The fourth-order valence-corrected chi connectivity index (χ4v) is 1.65. The van der Waals surface area contributed by atoms with E-state index in [0.717, 1.165) is 0 Å². The number of hydrogen-bond donors (Lipinski definition) is 3. The summed E-state index contributed by atoms with van der Waals surface area (Å²) in [5.74, 6) is -0.205. The second-order valence-corrected chi connectivity index (χ2v) is 3.84. The Hall–Kier alpha value is -1.27. The van der Waals surface area contributed by atoms with Crippen LogP contribution >= 0.6 is 27.5 Å². The molecule has 0 spiro atoms. The third-order valence-electron chi connectivity index (χ3n) is 1.41. The van der Waals surface area contributed by atoms with Gasteiger partial charge in [0.05, 0.1) is 10.7 Å². The first-order valence-electron chi connectivity index (χ1n) is 3.88.